The molecule has 1 aromatic heterocycles. The highest BCUT2D eigenvalue weighted by Crippen LogP contribution is 1.93. The molecule has 0 saturated heterocycles. The summed E-state index contributed by atoms with van der Waals surface area (Å²) in [7, 11) is 0. The van der Waals surface area contributed by atoms with Gasteiger partial charge in [0.25, 0.3) is 5.56 Å². The van der Waals surface area contributed by atoms with E-state index in [-0.39, 0.29) is 5.56 Å². The van der Waals surface area contributed by atoms with E-state index in [1.165, 1.54) is 6.20 Å². The van der Waals surface area contributed by atoms with Crippen molar-refractivity contribution in [3.8, 4) is 0 Å². The number of thiol groups is 1. The lowest BCUT2D eigenvalue weighted by Gasteiger charge is -1.98. The van der Waals surface area contributed by atoms with Crippen LogP contribution in [0.5, 0.6) is 0 Å². The molecule has 1 N–H and O–H groups in total. The second-order valence-corrected chi connectivity index (χ2v) is 2.94. The first-order chi connectivity index (χ1) is 5.65. The number of hydrogen-bond acceptors (Lipinski definition) is 3. The lowest BCUT2D eigenvalue weighted by Crippen LogP contribution is -2.28. The van der Waals surface area contributed by atoms with Crippen LogP contribution in [-0.2, 0) is 6.42 Å². The highest BCUT2D eigenvalue weighted by Gasteiger charge is 2.00. The minimum atomic E-state index is -0.497. The zero-order chi connectivity index (χ0) is 9.14. The molecule has 0 unspecified atom stereocenters. The van der Waals surface area contributed by atoms with Crippen molar-refractivity contribution in [2.75, 3.05) is 0 Å². The molecule has 1 heterocycles. The molecule has 0 spiro atoms. The van der Waals surface area contributed by atoms with Crippen LogP contribution in [0.2, 0.25) is 0 Å². The zero-order valence-electron chi connectivity index (χ0n) is 6.70. The van der Waals surface area contributed by atoms with Crippen molar-refractivity contribution in [2.45, 2.75) is 19.8 Å². The third kappa shape index (κ3) is 1.79. The van der Waals surface area contributed by atoms with E-state index in [0.717, 1.165) is 10.4 Å². The van der Waals surface area contributed by atoms with Gasteiger partial charge in [-0.05, 0) is 6.42 Å². The summed E-state index contributed by atoms with van der Waals surface area (Å²) in [5.74, 6) is 0. The van der Waals surface area contributed by atoms with Gasteiger partial charge in [0, 0.05) is 11.8 Å². The largest absolute Gasteiger partial charge is 0.338 e. The average molecular weight is 186 g/mol. The molecule has 12 heavy (non-hydrogen) atoms. The number of H-pyrrole nitrogens is 1. The summed E-state index contributed by atoms with van der Waals surface area (Å²) in [4.78, 5) is 24.1. The molecule has 0 atom stereocenters. The van der Waals surface area contributed by atoms with Crippen LogP contribution >= 0.6 is 12.8 Å². The Morgan fingerprint density at radius 3 is 2.83 bits per heavy atom. The Hall–Kier alpha value is -0.970. The minimum absolute atomic E-state index is 0.313. The molecule has 0 aliphatic carbocycles. The fourth-order valence-electron chi connectivity index (χ4n) is 0.947. The number of rotatable bonds is 2. The van der Waals surface area contributed by atoms with Crippen molar-refractivity contribution >= 4 is 12.8 Å². The van der Waals surface area contributed by atoms with Gasteiger partial charge in [0.1, 0.15) is 0 Å². The van der Waals surface area contributed by atoms with Crippen LogP contribution < -0.4 is 11.2 Å². The van der Waals surface area contributed by atoms with Crippen LogP contribution in [0.4, 0.5) is 0 Å². The topological polar surface area (TPSA) is 54.9 Å². The van der Waals surface area contributed by atoms with Crippen LogP contribution in [0.1, 0.15) is 18.9 Å². The summed E-state index contributed by atoms with van der Waals surface area (Å²) in [5.41, 5.74) is -0.220. The minimum Gasteiger partial charge on any atom is -0.273 e. The molecule has 66 valence electrons. The molecular formula is C7H10N2O2S. The predicted octanol–water partition coefficient (Wildman–Crippen LogP) is 0.182. The van der Waals surface area contributed by atoms with E-state index < -0.39 is 5.69 Å². The Morgan fingerprint density at radius 1 is 1.58 bits per heavy atom. The first-order valence-electron chi connectivity index (χ1n) is 3.69. The van der Waals surface area contributed by atoms with E-state index in [2.05, 4.69) is 17.8 Å². The highest BCUT2D eigenvalue weighted by molar-refractivity contribution is 7.78. The second kappa shape index (κ2) is 3.62. The van der Waals surface area contributed by atoms with Gasteiger partial charge in [0.2, 0.25) is 0 Å². The fourth-order valence-corrected chi connectivity index (χ4v) is 1.14. The molecule has 1 aromatic rings. The molecule has 1 rings (SSSR count). The van der Waals surface area contributed by atoms with Crippen molar-refractivity contribution in [3.63, 3.8) is 0 Å². The van der Waals surface area contributed by atoms with Crippen molar-refractivity contribution in [1.82, 2.24) is 8.96 Å². The molecule has 0 radical (unpaired) electrons. The smallest absolute Gasteiger partial charge is 0.273 e. The maximum absolute atomic E-state index is 11.1. The summed E-state index contributed by atoms with van der Waals surface area (Å²) < 4.78 is 1.08. The SMILES string of the molecule is CCCc1cn(S)c(=O)[nH]c1=O. The van der Waals surface area contributed by atoms with Gasteiger partial charge >= 0.3 is 5.69 Å². The van der Waals surface area contributed by atoms with E-state index in [1.54, 1.807) is 0 Å². The number of aromatic amines is 1. The third-order valence-electron chi connectivity index (χ3n) is 1.52. The molecule has 0 amide bonds. The quantitative estimate of drug-likeness (QED) is 0.647. The Labute approximate surface area is 74.8 Å². The van der Waals surface area contributed by atoms with Crippen molar-refractivity contribution in [2.24, 2.45) is 0 Å². The van der Waals surface area contributed by atoms with Gasteiger partial charge in [-0.3, -0.25) is 9.78 Å². The molecule has 0 fully saturated rings. The van der Waals surface area contributed by atoms with E-state index in [0.29, 0.717) is 12.0 Å². The van der Waals surface area contributed by atoms with Gasteiger partial charge in [-0.1, -0.05) is 26.2 Å². The van der Waals surface area contributed by atoms with Gasteiger partial charge in [0.05, 0.1) is 0 Å². The highest BCUT2D eigenvalue weighted by atomic mass is 32.1. The molecule has 0 saturated carbocycles. The van der Waals surface area contributed by atoms with Gasteiger partial charge < -0.3 is 0 Å². The summed E-state index contributed by atoms with van der Waals surface area (Å²) >= 11 is 3.84. The van der Waals surface area contributed by atoms with E-state index in [1.807, 2.05) is 6.92 Å². The molecule has 5 heteroatoms. The van der Waals surface area contributed by atoms with Gasteiger partial charge in [-0.15, -0.1) is 0 Å². The van der Waals surface area contributed by atoms with Crippen molar-refractivity contribution in [1.29, 1.82) is 0 Å². The Morgan fingerprint density at radius 2 is 2.25 bits per heavy atom. The van der Waals surface area contributed by atoms with Crippen molar-refractivity contribution in [3.05, 3.63) is 32.6 Å². The van der Waals surface area contributed by atoms with E-state index in [4.69, 9.17) is 0 Å². The first-order valence-corrected chi connectivity index (χ1v) is 4.09. The first kappa shape index (κ1) is 9.12. The van der Waals surface area contributed by atoms with Gasteiger partial charge in [0.15, 0.2) is 0 Å². The standard InChI is InChI=1S/C7H10N2O2S/c1-2-3-5-4-9(12)7(11)8-6(5)10/h4,12H,2-3H2,1H3,(H,8,10,11). The van der Waals surface area contributed by atoms with Crippen molar-refractivity contribution < 1.29 is 0 Å². The summed E-state index contributed by atoms with van der Waals surface area (Å²) in [6.07, 6.45) is 2.99. The fraction of sp³-hybridized carbons (Fsp3) is 0.429. The Bertz CT molecular complexity index is 380. The number of hydrogen-bond donors (Lipinski definition) is 2. The maximum Gasteiger partial charge on any atom is 0.338 e. The number of aryl methyl sites for hydroxylation is 1. The monoisotopic (exact) mass is 186 g/mol. The summed E-state index contributed by atoms with van der Waals surface area (Å²) in [6.45, 7) is 1.97. The van der Waals surface area contributed by atoms with Crippen LogP contribution in [-0.4, -0.2) is 8.96 Å². The molecule has 4 nitrogen and oxygen atoms in total. The lowest BCUT2D eigenvalue weighted by atomic mass is 10.2. The summed E-state index contributed by atoms with van der Waals surface area (Å²) in [6, 6.07) is 0. The zero-order valence-corrected chi connectivity index (χ0v) is 7.60. The van der Waals surface area contributed by atoms with Gasteiger partial charge in [-0.25, -0.2) is 8.77 Å². The molecule has 0 aromatic carbocycles. The number of nitrogens with zero attached hydrogens (tertiary/aromatic N) is 1. The van der Waals surface area contributed by atoms with Crippen LogP contribution in [0, 0.1) is 0 Å². The summed E-state index contributed by atoms with van der Waals surface area (Å²) in [5, 5.41) is 0. The Balaban J connectivity index is 3.24. The Kier molecular flexibility index (Phi) is 2.75. The third-order valence-corrected chi connectivity index (χ3v) is 1.81. The second-order valence-electron chi connectivity index (χ2n) is 2.51. The number of nitrogens with one attached hydrogen (secondary N) is 1. The van der Waals surface area contributed by atoms with Crippen LogP contribution in [0.25, 0.3) is 0 Å². The molecular weight excluding hydrogens is 176 g/mol. The molecule has 0 bridgehead atoms. The number of aromatic nitrogens is 2. The van der Waals surface area contributed by atoms with Crippen LogP contribution in [0.15, 0.2) is 15.8 Å². The predicted molar refractivity (Wildman–Crippen MR) is 49.7 cm³/mol. The van der Waals surface area contributed by atoms with Gasteiger partial charge in [-0.2, -0.15) is 0 Å². The van der Waals surface area contributed by atoms with Crippen LogP contribution in [0.3, 0.4) is 0 Å². The van der Waals surface area contributed by atoms with E-state index in [9.17, 15) is 9.59 Å². The molecule has 0 aliphatic rings. The average Bonchev–Trinajstić information content (AvgIpc) is 2.01. The maximum atomic E-state index is 11.1. The van der Waals surface area contributed by atoms with E-state index >= 15 is 0 Å². The normalized spacial score (nSPS) is 10.2. The molecule has 0 aliphatic heterocycles. The lowest BCUT2D eigenvalue weighted by molar-refractivity contribution is 0.861.